The fraction of sp³-hybridized carbons (Fsp3) is 0.357. The van der Waals surface area contributed by atoms with E-state index in [0.717, 1.165) is 12.8 Å². The van der Waals surface area contributed by atoms with Crippen molar-refractivity contribution in [2.75, 3.05) is 13.1 Å². The van der Waals surface area contributed by atoms with Gasteiger partial charge >= 0.3 is 0 Å². The summed E-state index contributed by atoms with van der Waals surface area (Å²) in [5, 5.41) is 6.31. The smallest absolute Gasteiger partial charge is 0.220 e. The first kappa shape index (κ1) is 16.0. The summed E-state index contributed by atoms with van der Waals surface area (Å²) in [6.45, 7) is 1.07. The zero-order valence-electron chi connectivity index (χ0n) is 10.7. The summed E-state index contributed by atoms with van der Waals surface area (Å²) in [7, 11) is 0. The molecule has 3 N–H and O–H groups in total. The fourth-order valence-electron chi connectivity index (χ4n) is 1.97. The molecule has 1 heterocycles. The second-order valence-electron chi connectivity index (χ2n) is 4.25. The molecule has 0 spiro atoms. The number of carbonyl (C=O) groups is 1. The summed E-state index contributed by atoms with van der Waals surface area (Å²) in [5.74, 6) is 0.0972. The van der Waals surface area contributed by atoms with Crippen LogP contribution in [-0.2, 0) is 11.2 Å². The number of fused-ring (bicyclic) bond motifs is 1. The molecule has 0 atom stereocenters. The minimum absolute atomic E-state index is 0. The van der Waals surface area contributed by atoms with Crippen LogP contribution in [0.2, 0.25) is 0 Å². The van der Waals surface area contributed by atoms with Crippen molar-refractivity contribution in [1.29, 1.82) is 0 Å². The van der Waals surface area contributed by atoms with Crippen molar-refractivity contribution in [3.8, 4) is 0 Å². The molecule has 2 rings (SSSR count). The number of thiophene rings is 1. The monoisotopic (exact) mass is 298 g/mol. The van der Waals surface area contributed by atoms with Crippen molar-refractivity contribution in [3.05, 3.63) is 35.2 Å². The molecule has 0 saturated heterocycles. The van der Waals surface area contributed by atoms with Crippen molar-refractivity contribution in [2.45, 2.75) is 19.3 Å². The van der Waals surface area contributed by atoms with Crippen molar-refractivity contribution >= 4 is 39.7 Å². The average molecular weight is 299 g/mol. The minimum Gasteiger partial charge on any atom is -0.355 e. The Morgan fingerprint density at radius 2 is 2.11 bits per heavy atom. The Labute approximate surface area is 123 Å². The van der Waals surface area contributed by atoms with Crippen LogP contribution in [0.1, 0.15) is 18.4 Å². The van der Waals surface area contributed by atoms with Crippen LogP contribution in [0.25, 0.3) is 10.1 Å². The number of nitrogens with one attached hydrogen (secondary N) is 1. The van der Waals surface area contributed by atoms with Crippen LogP contribution >= 0.6 is 23.7 Å². The Hall–Kier alpha value is -1.10. The molecule has 0 saturated carbocycles. The lowest BCUT2D eigenvalue weighted by Crippen LogP contribution is -2.28. The van der Waals surface area contributed by atoms with Crippen LogP contribution in [0, 0.1) is 0 Å². The van der Waals surface area contributed by atoms with Gasteiger partial charge in [-0.25, -0.2) is 0 Å². The van der Waals surface area contributed by atoms with E-state index in [1.165, 1.54) is 15.6 Å². The largest absolute Gasteiger partial charge is 0.355 e. The molecule has 104 valence electrons. The molecule has 0 bridgehead atoms. The summed E-state index contributed by atoms with van der Waals surface area (Å²) in [6.07, 6.45) is 2.42. The van der Waals surface area contributed by atoms with Gasteiger partial charge in [-0.3, -0.25) is 4.79 Å². The van der Waals surface area contributed by atoms with Gasteiger partial charge in [0.2, 0.25) is 5.91 Å². The molecular formula is C14H19ClN2OS. The van der Waals surface area contributed by atoms with E-state index in [1.807, 2.05) is 0 Å². The van der Waals surface area contributed by atoms with Crippen molar-refractivity contribution in [1.82, 2.24) is 5.32 Å². The first-order chi connectivity index (χ1) is 8.81. The standard InChI is InChI=1S/C14H18N2OS.ClH/c15-8-9-16-14(17)7-3-4-11-10-18-13-6-2-1-5-12(11)13;/h1-2,5-6,10H,3-4,7-9,15H2,(H,16,17);1H. The lowest BCUT2D eigenvalue weighted by atomic mass is 10.1. The van der Waals surface area contributed by atoms with Crippen molar-refractivity contribution in [3.63, 3.8) is 0 Å². The van der Waals surface area contributed by atoms with Gasteiger partial charge in [0.05, 0.1) is 0 Å². The normalized spacial score (nSPS) is 10.2. The Bertz CT molecular complexity index is 527. The van der Waals surface area contributed by atoms with E-state index in [1.54, 1.807) is 11.3 Å². The van der Waals surface area contributed by atoms with Gasteiger partial charge < -0.3 is 11.1 Å². The zero-order chi connectivity index (χ0) is 12.8. The number of hydrogen-bond acceptors (Lipinski definition) is 3. The molecule has 1 aromatic heterocycles. The van der Waals surface area contributed by atoms with Gasteiger partial charge in [-0.15, -0.1) is 23.7 Å². The van der Waals surface area contributed by atoms with Gasteiger partial charge in [0.15, 0.2) is 0 Å². The lowest BCUT2D eigenvalue weighted by Gasteiger charge is -2.03. The first-order valence-electron chi connectivity index (χ1n) is 6.23. The number of hydrogen-bond donors (Lipinski definition) is 2. The van der Waals surface area contributed by atoms with Gasteiger partial charge in [-0.05, 0) is 35.2 Å². The van der Waals surface area contributed by atoms with E-state index in [4.69, 9.17) is 5.73 Å². The topological polar surface area (TPSA) is 55.1 Å². The molecule has 5 heteroatoms. The van der Waals surface area contributed by atoms with Crippen LogP contribution in [0.4, 0.5) is 0 Å². The maximum atomic E-state index is 11.4. The molecule has 0 aliphatic rings. The molecule has 0 radical (unpaired) electrons. The quantitative estimate of drug-likeness (QED) is 0.861. The molecule has 1 amide bonds. The minimum atomic E-state index is 0. The fourth-order valence-corrected chi connectivity index (χ4v) is 2.96. The van der Waals surface area contributed by atoms with Gasteiger partial charge in [-0.1, -0.05) is 18.2 Å². The molecule has 0 aliphatic heterocycles. The number of amides is 1. The third-order valence-electron chi connectivity index (χ3n) is 2.88. The Morgan fingerprint density at radius 3 is 2.89 bits per heavy atom. The molecule has 0 fully saturated rings. The van der Waals surface area contributed by atoms with Crippen LogP contribution in [0.3, 0.4) is 0 Å². The second kappa shape index (κ2) is 8.15. The highest BCUT2D eigenvalue weighted by Crippen LogP contribution is 2.26. The highest BCUT2D eigenvalue weighted by molar-refractivity contribution is 7.17. The zero-order valence-corrected chi connectivity index (χ0v) is 12.4. The Balaban J connectivity index is 0.00000180. The lowest BCUT2D eigenvalue weighted by molar-refractivity contribution is -0.121. The number of aryl methyl sites for hydroxylation is 1. The molecule has 1 aromatic carbocycles. The summed E-state index contributed by atoms with van der Waals surface area (Å²) < 4.78 is 1.32. The van der Waals surface area contributed by atoms with Gasteiger partial charge in [0.1, 0.15) is 0 Å². The molecule has 0 unspecified atom stereocenters. The predicted octanol–water partition coefficient (Wildman–Crippen LogP) is 2.72. The average Bonchev–Trinajstić information content (AvgIpc) is 2.80. The van der Waals surface area contributed by atoms with E-state index in [0.29, 0.717) is 19.5 Å². The SMILES string of the molecule is Cl.NCCNC(=O)CCCc1csc2ccccc12. The summed E-state index contributed by atoms with van der Waals surface area (Å²) >= 11 is 1.77. The maximum absolute atomic E-state index is 11.4. The molecule has 3 nitrogen and oxygen atoms in total. The Morgan fingerprint density at radius 1 is 1.32 bits per heavy atom. The van der Waals surface area contributed by atoms with Gasteiger partial charge in [0, 0.05) is 24.2 Å². The van der Waals surface area contributed by atoms with E-state index >= 15 is 0 Å². The van der Waals surface area contributed by atoms with Crippen LogP contribution in [0.5, 0.6) is 0 Å². The molecular weight excluding hydrogens is 280 g/mol. The van der Waals surface area contributed by atoms with Crippen molar-refractivity contribution < 1.29 is 4.79 Å². The Kier molecular flexibility index (Phi) is 6.84. The number of carbonyl (C=O) groups excluding carboxylic acids is 1. The molecule has 19 heavy (non-hydrogen) atoms. The summed E-state index contributed by atoms with van der Waals surface area (Å²) in [6, 6.07) is 8.41. The number of benzene rings is 1. The highest BCUT2D eigenvalue weighted by Gasteiger charge is 2.05. The van der Waals surface area contributed by atoms with E-state index < -0.39 is 0 Å². The van der Waals surface area contributed by atoms with Crippen LogP contribution in [0.15, 0.2) is 29.6 Å². The maximum Gasteiger partial charge on any atom is 0.220 e. The number of halogens is 1. The molecule has 2 aromatic rings. The van der Waals surface area contributed by atoms with E-state index in [2.05, 4.69) is 35.0 Å². The second-order valence-corrected chi connectivity index (χ2v) is 5.16. The summed E-state index contributed by atoms with van der Waals surface area (Å²) in [5.41, 5.74) is 6.68. The third-order valence-corrected chi connectivity index (χ3v) is 3.89. The number of nitrogens with two attached hydrogens (primary N) is 1. The highest BCUT2D eigenvalue weighted by atomic mass is 35.5. The summed E-state index contributed by atoms with van der Waals surface area (Å²) in [4.78, 5) is 11.4. The van der Waals surface area contributed by atoms with Gasteiger partial charge in [-0.2, -0.15) is 0 Å². The van der Waals surface area contributed by atoms with Crippen LogP contribution in [-0.4, -0.2) is 19.0 Å². The van der Waals surface area contributed by atoms with Gasteiger partial charge in [0.25, 0.3) is 0 Å². The predicted molar refractivity (Wildman–Crippen MR) is 84.1 cm³/mol. The van der Waals surface area contributed by atoms with E-state index in [9.17, 15) is 4.79 Å². The van der Waals surface area contributed by atoms with E-state index in [-0.39, 0.29) is 18.3 Å². The molecule has 0 aliphatic carbocycles. The number of rotatable bonds is 6. The van der Waals surface area contributed by atoms with Crippen molar-refractivity contribution in [2.24, 2.45) is 5.73 Å². The third kappa shape index (κ3) is 4.49. The first-order valence-corrected chi connectivity index (χ1v) is 7.11. The van der Waals surface area contributed by atoms with Crippen LogP contribution < -0.4 is 11.1 Å².